The van der Waals surface area contributed by atoms with Gasteiger partial charge in [-0.3, -0.25) is 4.79 Å². The fraction of sp³-hybridized carbons (Fsp3) is 0.235. The van der Waals surface area contributed by atoms with Gasteiger partial charge in [-0.2, -0.15) is 0 Å². The summed E-state index contributed by atoms with van der Waals surface area (Å²) in [6, 6.07) is 10.2. The van der Waals surface area contributed by atoms with Gasteiger partial charge < -0.3 is 15.8 Å². The van der Waals surface area contributed by atoms with Crippen molar-refractivity contribution < 1.29 is 13.9 Å². The molecule has 2 aromatic rings. The molecule has 0 radical (unpaired) electrons. The molecule has 2 aromatic carbocycles. The standard InChI is InChI=1S/C17H17FN2O2/c1-22-14-5-3-2-4-12(14)16(19)11-8-10-6-7-15(21)20-17(10)13(18)9-11/h2-5,8-9,16H,6-7,19H2,1H3,(H,20,21). The molecule has 3 N–H and O–H groups in total. The van der Waals surface area contributed by atoms with Crippen LogP contribution in [-0.2, 0) is 11.2 Å². The second-order valence-electron chi connectivity index (χ2n) is 5.30. The molecule has 0 aromatic heterocycles. The lowest BCUT2D eigenvalue weighted by Gasteiger charge is -2.21. The average molecular weight is 300 g/mol. The highest BCUT2D eigenvalue weighted by Crippen LogP contribution is 2.33. The van der Waals surface area contributed by atoms with E-state index < -0.39 is 11.9 Å². The number of nitrogens with two attached hydrogens (primary N) is 1. The molecule has 0 aliphatic carbocycles. The quantitative estimate of drug-likeness (QED) is 0.916. The molecular weight excluding hydrogens is 283 g/mol. The van der Waals surface area contributed by atoms with Crippen molar-refractivity contribution in [3.63, 3.8) is 0 Å². The van der Waals surface area contributed by atoms with E-state index in [-0.39, 0.29) is 11.6 Å². The SMILES string of the molecule is COc1ccccc1C(N)c1cc(F)c2c(c1)CCC(=O)N2. The second-order valence-corrected chi connectivity index (χ2v) is 5.30. The minimum atomic E-state index is -0.492. The molecule has 3 rings (SSSR count). The molecule has 1 unspecified atom stereocenters. The molecule has 5 heteroatoms. The van der Waals surface area contributed by atoms with E-state index in [1.807, 2.05) is 30.3 Å². The monoisotopic (exact) mass is 300 g/mol. The summed E-state index contributed by atoms with van der Waals surface area (Å²) in [5.74, 6) is 0.0560. The predicted octanol–water partition coefficient (Wildman–Crippen LogP) is 2.77. The van der Waals surface area contributed by atoms with Crippen molar-refractivity contribution in [2.75, 3.05) is 12.4 Å². The van der Waals surface area contributed by atoms with Crippen molar-refractivity contribution in [2.45, 2.75) is 18.9 Å². The number of fused-ring (bicyclic) bond motifs is 1. The third-order valence-corrected chi connectivity index (χ3v) is 3.91. The maximum Gasteiger partial charge on any atom is 0.224 e. The van der Waals surface area contributed by atoms with Gasteiger partial charge in [0.05, 0.1) is 18.8 Å². The van der Waals surface area contributed by atoms with Crippen LogP contribution in [0.2, 0.25) is 0 Å². The van der Waals surface area contributed by atoms with Crippen molar-refractivity contribution in [1.82, 2.24) is 0 Å². The van der Waals surface area contributed by atoms with E-state index in [0.717, 1.165) is 11.1 Å². The Morgan fingerprint density at radius 2 is 2.05 bits per heavy atom. The molecule has 1 atom stereocenters. The van der Waals surface area contributed by atoms with E-state index in [1.165, 1.54) is 6.07 Å². The van der Waals surface area contributed by atoms with E-state index in [0.29, 0.717) is 24.2 Å². The summed E-state index contributed by atoms with van der Waals surface area (Å²) in [6.07, 6.45) is 0.879. The number of anilines is 1. The van der Waals surface area contributed by atoms with Crippen LogP contribution in [0.1, 0.15) is 29.2 Å². The van der Waals surface area contributed by atoms with Crippen molar-refractivity contribution in [3.8, 4) is 5.75 Å². The van der Waals surface area contributed by atoms with E-state index >= 15 is 0 Å². The van der Waals surface area contributed by atoms with E-state index in [9.17, 15) is 9.18 Å². The minimum absolute atomic E-state index is 0.159. The van der Waals surface area contributed by atoms with Gasteiger partial charge in [0.15, 0.2) is 0 Å². The summed E-state index contributed by atoms with van der Waals surface area (Å²) >= 11 is 0. The molecule has 1 amide bonds. The van der Waals surface area contributed by atoms with Crippen LogP contribution in [0.4, 0.5) is 10.1 Å². The third kappa shape index (κ3) is 2.55. The molecule has 0 spiro atoms. The van der Waals surface area contributed by atoms with Crippen LogP contribution in [-0.4, -0.2) is 13.0 Å². The lowest BCUT2D eigenvalue weighted by atomic mass is 9.93. The Morgan fingerprint density at radius 3 is 2.82 bits per heavy atom. The van der Waals surface area contributed by atoms with Gasteiger partial charge in [-0.25, -0.2) is 4.39 Å². The smallest absolute Gasteiger partial charge is 0.224 e. The van der Waals surface area contributed by atoms with Crippen LogP contribution in [0.15, 0.2) is 36.4 Å². The second kappa shape index (κ2) is 5.77. The van der Waals surface area contributed by atoms with E-state index in [2.05, 4.69) is 5.32 Å². The Hall–Kier alpha value is -2.40. The van der Waals surface area contributed by atoms with Gasteiger partial charge in [0.2, 0.25) is 5.91 Å². The first-order valence-electron chi connectivity index (χ1n) is 7.11. The number of amides is 1. The van der Waals surface area contributed by atoms with Crippen LogP contribution in [0.25, 0.3) is 0 Å². The summed E-state index contributed by atoms with van der Waals surface area (Å²) in [5.41, 5.74) is 8.80. The zero-order chi connectivity index (χ0) is 15.7. The van der Waals surface area contributed by atoms with Gasteiger partial charge in [-0.05, 0) is 29.7 Å². The van der Waals surface area contributed by atoms with Crippen molar-refractivity contribution in [1.29, 1.82) is 0 Å². The summed E-state index contributed by atoms with van der Waals surface area (Å²) < 4.78 is 19.6. The number of hydrogen-bond donors (Lipinski definition) is 2. The average Bonchev–Trinajstić information content (AvgIpc) is 2.54. The minimum Gasteiger partial charge on any atom is -0.496 e. The third-order valence-electron chi connectivity index (χ3n) is 3.91. The number of carbonyl (C=O) groups is 1. The Morgan fingerprint density at radius 1 is 1.27 bits per heavy atom. The fourth-order valence-electron chi connectivity index (χ4n) is 2.76. The van der Waals surface area contributed by atoms with E-state index in [1.54, 1.807) is 7.11 Å². The van der Waals surface area contributed by atoms with Crippen LogP contribution in [0, 0.1) is 5.82 Å². The van der Waals surface area contributed by atoms with Crippen LogP contribution < -0.4 is 15.8 Å². The lowest BCUT2D eigenvalue weighted by molar-refractivity contribution is -0.116. The Labute approximate surface area is 128 Å². The number of aryl methyl sites for hydroxylation is 1. The van der Waals surface area contributed by atoms with Crippen LogP contribution in [0.3, 0.4) is 0 Å². The first kappa shape index (κ1) is 14.5. The number of hydrogen-bond acceptors (Lipinski definition) is 3. The molecule has 114 valence electrons. The lowest BCUT2D eigenvalue weighted by Crippen LogP contribution is -2.21. The largest absolute Gasteiger partial charge is 0.496 e. The number of nitrogens with one attached hydrogen (secondary N) is 1. The highest BCUT2D eigenvalue weighted by atomic mass is 19.1. The molecule has 1 aliphatic heterocycles. The molecule has 0 saturated heterocycles. The Kier molecular flexibility index (Phi) is 3.81. The zero-order valence-corrected chi connectivity index (χ0v) is 12.2. The molecule has 4 nitrogen and oxygen atoms in total. The van der Waals surface area contributed by atoms with Crippen molar-refractivity contribution in [3.05, 3.63) is 58.9 Å². The van der Waals surface area contributed by atoms with Crippen molar-refractivity contribution in [2.24, 2.45) is 5.73 Å². The van der Waals surface area contributed by atoms with Gasteiger partial charge in [0.25, 0.3) is 0 Å². The number of halogens is 1. The number of ether oxygens (including phenoxy) is 1. The van der Waals surface area contributed by atoms with Gasteiger partial charge in [-0.1, -0.05) is 24.3 Å². The Bertz CT molecular complexity index is 731. The number of benzene rings is 2. The topological polar surface area (TPSA) is 64.3 Å². The maximum absolute atomic E-state index is 14.3. The maximum atomic E-state index is 14.3. The molecule has 1 heterocycles. The molecule has 22 heavy (non-hydrogen) atoms. The van der Waals surface area contributed by atoms with Gasteiger partial charge in [0, 0.05) is 12.0 Å². The van der Waals surface area contributed by atoms with Crippen LogP contribution in [0.5, 0.6) is 5.75 Å². The predicted molar refractivity (Wildman–Crippen MR) is 82.4 cm³/mol. The Balaban J connectivity index is 2.02. The first-order valence-corrected chi connectivity index (χ1v) is 7.11. The number of carbonyl (C=O) groups excluding carboxylic acids is 1. The molecule has 0 fully saturated rings. The summed E-state index contributed by atoms with van der Waals surface area (Å²) in [4.78, 5) is 11.4. The summed E-state index contributed by atoms with van der Waals surface area (Å²) in [5, 5.41) is 2.58. The highest BCUT2D eigenvalue weighted by Gasteiger charge is 2.22. The summed E-state index contributed by atoms with van der Waals surface area (Å²) in [7, 11) is 1.58. The van der Waals surface area contributed by atoms with Gasteiger partial charge in [-0.15, -0.1) is 0 Å². The molecule has 1 aliphatic rings. The van der Waals surface area contributed by atoms with E-state index in [4.69, 9.17) is 10.5 Å². The number of methoxy groups -OCH3 is 1. The first-order chi connectivity index (χ1) is 10.6. The van der Waals surface area contributed by atoms with Crippen molar-refractivity contribution >= 4 is 11.6 Å². The molecular formula is C17H17FN2O2. The van der Waals surface area contributed by atoms with Gasteiger partial charge in [0.1, 0.15) is 11.6 Å². The summed E-state index contributed by atoms with van der Waals surface area (Å²) in [6.45, 7) is 0. The highest BCUT2D eigenvalue weighted by molar-refractivity contribution is 5.94. The molecule has 0 bridgehead atoms. The van der Waals surface area contributed by atoms with Crippen LogP contribution >= 0.6 is 0 Å². The number of rotatable bonds is 3. The fourth-order valence-corrected chi connectivity index (χ4v) is 2.76. The molecule has 0 saturated carbocycles. The number of para-hydroxylation sites is 1. The normalized spacial score (nSPS) is 15.0. The zero-order valence-electron chi connectivity index (χ0n) is 12.2. The van der Waals surface area contributed by atoms with Gasteiger partial charge >= 0.3 is 0 Å².